The summed E-state index contributed by atoms with van der Waals surface area (Å²) in [5.74, 6) is 2.05. The normalized spacial score (nSPS) is 29.7. The predicted molar refractivity (Wildman–Crippen MR) is 86.5 cm³/mol. The van der Waals surface area contributed by atoms with Crippen molar-refractivity contribution in [2.24, 2.45) is 17.3 Å². The summed E-state index contributed by atoms with van der Waals surface area (Å²) in [5, 5.41) is 3.60. The molecule has 2 fully saturated rings. The Morgan fingerprint density at radius 1 is 0.895 bits per heavy atom. The van der Waals surface area contributed by atoms with Crippen molar-refractivity contribution in [2.75, 3.05) is 13.1 Å². The van der Waals surface area contributed by atoms with Crippen molar-refractivity contribution in [1.29, 1.82) is 0 Å². The van der Waals surface area contributed by atoms with Gasteiger partial charge in [0.2, 0.25) is 0 Å². The van der Waals surface area contributed by atoms with E-state index in [1.54, 1.807) is 0 Å². The molecular formula is C18H37N. The lowest BCUT2D eigenvalue weighted by molar-refractivity contribution is 0.195. The second-order valence-electron chi connectivity index (χ2n) is 6.59. The maximum Gasteiger partial charge on any atom is -0.00179 e. The minimum atomic E-state index is 0.723. The van der Waals surface area contributed by atoms with E-state index in [2.05, 4.69) is 19.2 Å². The standard InChI is InChI=1S/C16H31N.C2H6/c1-3-8-16(9-4-2)10-5-14-7-12-17-13-15(14)6-11-16;1-2/h14-15,17H,3-13H2,1-2H3;1-2H3. The first-order chi connectivity index (χ1) is 9.29. The fourth-order valence-electron chi connectivity index (χ4n) is 4.49. The summed E-state index contributed by atoms with van der Waals surface area (Å²) in [6.07, 6.45) is 13.2. The van der Waals surface area contributed by atoms with E-state index in [4.69, 9.17) is 0 Å². The van der Waals surface area contributed by atoms with Crippen LogP contribution in [0.2, 0.25) is 0 Å². The molecular weight excluding hydrogens is 230 g/mol. The molecule has 1 nitrogen and oxygen atoms in total. The maximum absolute atomic E-state index is 3.60. The Bertz CT molecular complexity index is 200. The SMILES string of the molecule is CC.CCCC1(CCC)CCC2CCNCC2CC1. The number of fused-ring (bicyclic) bond motifs is 1. The highest BCUT2D eigenvalue weighted by Crippen LogP contribution is 2.46. The highest BCUT2D eigenvalue weighted by atomic mass is 14.9. The smallest absolute Gasteiger partial charge is 0.00179 e. The molecule has 2 rings (SSSR count). The van der Waals surface area contributed by atoms with Gasteiger partial charge in [-0.15, -0.1) is 0 Å². The number of nitrogens with one attached hydrogen (secondary N) is 1. The second kappa shape index (κ2) is 9.00. The van der Waals surface area contributed by atoms with E-state index >= 15 is 0 Å². The molecule has 0 spiro atoms. The third-order valence-electron chi connectivity index (χ3n) is 5.42. The van der Waals surface area contributed by atoms with Crippen LogP contribution in [0.3, 0.4) is 0 Å². The lowest BCUT2D eigenvalue weighted by atomic mass is 9.73. The minimum absolute atomic E-state index is 0.723. The van der Waals surface area contributed by atoms with Crippen molar-refractivity contribution in [1.82, 2.24) is 5.32 Å². The van der Waals surface area contributed by atoms with E-state index in [1.807, 2.05) is 13.8 Å². The summed E-state index contributed by atoms with van der Waals surface area (Å²) in [7, 11) is 0. The van der Waals surface area contributed by atoms with E-state index in [1.165, 1.54) is 70.9 Å². The third kappa shape index (κ3) is 4.77. The van der Waals surface area contributed by atoms with Gasteiger partial charge >= 0.3 is 0 Å². The van der Waals surface area contributed by atoms with Crippen LogP contribution in [0.15, 0.2) is 0 Å². The largest absolute Gasteiger partial charge is 0.316 e. The van der Waals surface area contributed by atoms with Gasteiger partial charge in [-0.25, -0.2) is 0 Å². The van der Waals surface area contributed by atoms with Gasteiger partial charge < -0.3 is 5.32 Å². The molecule has 19 heavy (non-hydrogen) atoms. The maximum atomic E-state index is 3.60. The number of rotatable bonds is 4. The van der Waals surface area contributed by atoms with Crippen LogP contribution in [0, 0.1) is 17.3 Å². The van der Waals surface area contributed by atoms with Crippen LogP contribution in [0.1, 0.15) is 85.5 Å². The van der Waals surface area contributed by atoms with E-state index in [0.717, 1.165) is 17.3 Å². The van der Waals surface area contributed by atoms with Crippen LogP contribution in [-0.2, 0) is 0 Å². The Labute approximate surface area is 121 Å². The van der Waals surface area contributed by atoms with Gasteiger partial charge in [-0.2, -0.15) is 0 Å². The molecule has 0 aromatic heterocycles. The van der Waals surface area contributed by atoms with Crippen molar-refractivity contribution >= 4 is 0 Å². The molecule has 114 valence electrons. The van der Waals surface area contributed by atoms with Gasteiger partial charge in [-0.05, 0) is 75.3 Å². The molecule has 1 heterocycles. The van der Waals surface area contributed by atoms with Crippen LogP contribution in [-0.4, -0.2) is 13.1 Å². The molecule has 1 aliphatic carbocycles. The lowest BCUT2D eigenvalue weighted by Crippen LogP contribution is -2.35. The van der Waals surface area contributed by atoms with Gasteiger partial charge in [-0.3, -0.25) is 0 Å². The van der Waals surface area contributed by atoms with Crippen molar-refractivity contribution in [3.63, 3.8) is 0 Å². The molecule has 1 aliphatic heterocycles. The van der Waals surface area contributed by atoms with Crippen LogP contribution in [0.4, 0.5) is 0 Å². The molecule has 0 aromatic rings. The Hall–Kier alpha value is -0.0400. The van der Waals surface area contributed by atoms with Crippen LogP contribution < -0.4 is 5.32 Å². The van der Waals surface area contributed by atoms with Gasteiger partial charge in [0.1, 0.15) is 0 Å². The highest BCUT2D eigenvalue weighted by Gasteiger charge is 2.36. The summed E-state index contributed by atoms with van der Waals surface area (Å²) in [4.78, 5) is 0. The Kier molecular flexibility index (Phi) is 8.06. The van der Waals surface area contributed by atoms with E-state index < -0.39 is 0 Å². The first-order valence-electron chi connectivity index (χ1n) is 9.00. The molecule has 1 N–H and O–H groups in total. The summed E-state index contributed by atoms with van der Waals surface area (Å²) < 4.78 is 0. The molecule has 0 aromatic carbocycles. The van der Waals surface area contributed by atoms with Gasteiger partial charge in [0.15, 0.2) is 0 Å². The van der Waals surface area contributed by atoms with Gasteiger partial charge in [0.05, 0.1) is 0 Å². The van der Waals surface area contributed by atoms with Crippen molar-refractivity contribution in [3.8, 4) is 0 Å². The third-order valence-corrected chi connectivity index (χ3v) is 5.42. The zero-order valence-electron chi connectivity index (χ0n) is 13.9. The lowest BCUT2D eigenvalue weighted by Gasteiger charge is -2.32. The Balaban J connectivity index is 0.000000861. The van der Waals surface area contributed by atoms with Gasteiger partial charge in [0, 0.05) is 0 Å². The number of hydrogen-bond acceptors (Lipinski definition) is 1. The molecule has 2 aliphatic rings. The first kappa shape index (κ1) is 17.0. The van der Waals surface area contributed by atoms with Crippen LogP contribution in [0.25, 0.3) is 0 Å². The topological polar surface area (TPSA) is 12.0 Å². The molecule has 1 saturated carbocycles. The summed E-state index contributed by atoms with van der Waals surface area (Å²) >= 11 is 0. The molecule has 0 radical (unpaired) electrons. The number of hydrogen-bond donors (Lipinski definition) is 1. The average Bonchev–Trinajstić information content (AvgIpc) is 2.63. The van der Waals surface area contributed by atoms with Gasteiger partial charge in [0.25, 0.3) is 0 Å². The molecule has 1 heteroatoms. The predicted octanol–water partition coefficient (Wildman–Crippen LogP) is 5.40. The van der Waals surface area contributed by atoms with E-state index in [0.29, 0.717) is 0 Å². The zero-order chi connectivity index (χ0) is 14.1. The average molecular weight is 268 g/mol. The van der Waals surface area contributed by atoms with Crippen molar-refractivity contribution in [2.45, 2.75) is 85.5 Å². The molecule has 2 unspecified atom stereocenters. The van der Waals surface area contributed by atoms with Crippen molar-refractivity contribution < 1.29 is 0 Å². The molecule has 2 atom stereocenters. The van der Waals surface area contributed by atoms with E-state index in [9.17, 15) is 0 Å². The quantitative estimate of drug-likeness (QED) is 0.719. The Morgan fingerprint density at radius 3 is 2.05 bits per heavy atom. The zero-order valence-corrected chi connectivity index (χ0v) is 13.9. The minimum Gasteiger partial charge on any atom is -0.316 e. The van der Waals surface area contributed by atoms with Crippen LogP contribution in [0.5, 0.6) is 0 Å². The van der Waals surface area contributed by atoms with E-state index in [-0.39, 0.29) is 0 Å². The first-order valence-corrected chi connectivity index (χ1v) is 9.00. The van der Waals surface area contributed by atoms with Crippen LogP contribution >= 0.6 is 0 Å². The van der Waals surface area contributed by atoms with Gasteiger partial charge in [-0.1, -0.05) is 40.5 Å². The fourth-order valence-corrected chi connectivity index (χ4v) is 4.49. The fraction of sp³-hybridized carbons (Fsp3) is 1.00. The Morgan fingerprint density at radius 2 is 1.47 bits per heavy atom. The second-order valence-corrected chi connectivity index (χ2v) is 6.59. The summed E-state index contributed by atoms with van der Waals surface area (Å²) in [6, 6.07) is 0. The molecule has 0 bridgehead atoms. The summed E-state index contributed by atoms with van der Waals surface area (Å²) in [6.45, 7) is 11.3. The monoisotopic (exact) mass is 267 g/mol. The number of piperidine rings is 1. The molecule has 1 saturated heterocycles. The molecule has 0 amide bonds. The highest BCUT2D eigenvalue weighted by molar-refractivity contribution is 4.89. The van der Waals surface area contributed by atoms with Crippen molar-refractivity contribution in [3.05, 3.63) is 0 Å². The summed E-state index contributed by atoms with van der Waals surface area (Å²) in [5.41, 5.74) is 0.723.